The molecule has 1 unspecified atom stereocenters. The molecule has 0 rings (SSSR count). The third-order valence-corrected chi connectivity index (χ3v) is 4.93. The molecule has 0 aromatic carbocycles. The first kappa shape index (κ1) is 30.1. The van der Waals surface area contributed by atoms with Gasteiger partial charge in [0.25, 0.3) is 0 Å². The van der Waals surface area contributed by atoms with Crippen LogP contribution < -0.4 is 0 Å². The molecule has 5 heteroatoms. The molecular formula is C23H48O4S. The fourth-order valence-electron chi connectivity index (χ4n) is 3.44. The summed E-state index contributed by atoms with van der Waals surface area (Å²) in [5, 5.41) is 0. The SMILES string of the molecule is C=CCS.CCCCCCCCC(CCC)(OC)C(OCC)(OCC)OCC. The molecule has 0 heterocycles. The molecule has 170 valence electrons. The zero-order valence-corrected chi connectivity index (χ0v) is 20.5. The highest BCUT2D eigenvalue weighted by atomic mass is 32.1. The van der Waals surface area contributed by atoms with Crippen molar-refractivity contribution < 1.29 is 18.9 Å². The number of thiol groups is 1. The summed E-state index contributed by atoms with van der Waals surface area (Å²) in [5.41, 5.74) is -0.561. The van der Waals surface area contributed by atoms with Crippen LogP contribution in [0.3, 0.4) is 0 Å². The Morgan fingerprint density at radius 1 is 0.750 bits per heavy atom. The van der Waals surface area contributed by atoms with Gasteiger partial charge in [0.1, 0.15) is 5.60 Å². The van der Waals surface area contributed by atoms with E-state index in [1.54, 1.807) is 13.2 Å². The van der Waals surface area contributed by atoms with Crippen molar-refractivity contribution >= 4 is 12.6 Å². The fourth-order valence-corrected chi connectivity index (χ4v) is 3.44. The summed E-state index contributed by atoms with van der Waals surface area (Å²) < 4.78 is 24.2. The predicted molar refractivity (Wildman–Crippen MR) is 124 cm³/mol. The quantitative estimate of drug-likeness (QED) is 0.115. The minimum Gasteiger partial charge on any atom is -0.370 e. The second-order valence-corrected chi connectivity index (χ2v) is 7.16. The molecule has 0 aliphatic heterocycles. The normalized spacial score (nSPS) is 13.5. The molecule has 0 saturated carbocycles. The Morgan fingerprint density at radius 2 is 1.21 bits per heavy atom. The van der Waals surface area contributed by atoms with Crippen LogP contribution in [0, 0.1) is 0 Å². The minimum absolute atomic E-state index is 0.533. The van der Waals surface area contributed by atoms with Crippen LogP contribution in [0.4, 0.5) is 0 Å². The summed E-state index contributed by atoms with van der Waals surface area (Å²) in [6.07, 6.45) is 12.0. The lowest BCUT2D eigenvalue weighted by atomic mass is 9.87. The van der Waals surface area contributed by atoms with Crippen molar-refractivity contribution in [3.8, 4) is 0 Å². The molecule has 0 aliphatic carbocycles. The van der Waals surface area contributed by atoms with Crippen molar-refractivity contribution in [1.29, 1.82) is 0 Å². The molecule has 0 aliphatic rings. The fraction of sp³-hybridized carbons (Fsp3) is 0.913. The lowest BCUT2D eigenvalue weighted by molar-refractivity contribution is -0.444. The Morgan fingerprint density at radius 3 is 1.57 bits per heavy atom. The van der Waals surface area contributed by atoms with Crippen molar-refractivity contribution in [2.75, 3.05) is 32.7 Å². The Hall–Kier alpha value is -0.0700. The van der Waals surface area contributed by atoms with E-state index in [1.165, 1.54) is 32.1 Å². The van der Waals surface area contributed by atoms with Gasteiger partial charge in [0, 0.05) is 32.7 Å². The number of ether oxygens (including phenoxy) is 4. The largest absolute Gasteiger partial charge is 0.370 e. The van der Waals surface area contributed by atoms with Crippen LogP contribution >= 0.6 is 12.6 Å². The molecule has 0 bridgehead atoms. The standard InChI is InChI=1S/C20H42O4.C3H6S/c1-7-12-13-14-15-16-18-19(21-6,17-8-2)20(22-9-3,23-10-4)24-11-5;1-2-3-4/h7-18H2,1-6H3;2,4H,1,3H2. The third-order valence-electron chi connectivity index (χ3n) is 4.67. The monoisotopic (exact) mass is 420 g/mol. The van der Waals surface area contributed by atoms with Gasteiger partial charge in [-0.25, -0.2) is 0 Å². The highest BCUT2D eigenvalue weighted by molar-refractivity contribution is 7.80. The van der Waals surface area contributed by atoms with E-state index < -0.39 is 11.6 Å². The van der Waals surface area contributed by atoms with Gasteiger partial charge >= 0.3 is 5.97 Å². The van der Waals surface area contributed by atoms with Crippen LogP contribution in [0.25, 0.3) is 0 Å². The van der Waals surface area contributed by atoms with Crippen molar-refractivity contribution in [1.82, 2.24) is 0 Å². The van der Waals surface area contributed by atoms with Gasteiger partial charge in [0.2, 0.25) is 0 Å². The van der Waals surface area contributed by atoms with E-state index in [0.717, 1.165) is 31.4 Å². The Balaban J connectivity index is 0. The van der Waals surface area contributed by atoms with E-state index in [0.29, 0.717) is 19.8 Å². The highest BCUT2D eigenvalue weighted by Gasteiger charge is 2.55. The van der Waals surface area contributed by atoms with E-state index >= 15 is 0 Å². The van der Waals surface area contributed by atoms with Crippen LogP contribution in [0.2, 0.25) is 0 Å². The molecule has 4 nitrogen and oxygen atoms in total. The smallest absolute Gasteiger partial charge is 0.313 e. The van der Waals surface area contributed by atoms with Gasteiger partial charge in [-0.15, -0.1) is 6.58 Å². The molecule has 0 aromatic heterocycles. The molecule has 1 atom stereocenters. The van der Waals surface area contributed by atoms with Crippen LogP contribution in [0.1, 0.15) is 92.4 Å². The summed E-state index contributed by atoms with van der Waals surface area (Å²) in [5.74, 6) is -0.334. The van der Waals surface area contributed by atoms with Crippen LogP contribution in [0.15, 0.2) is 12.7 Å². The number of hydrogen-bond donors (Lipinski definition) is 1. The number of methoxy groups -OCH3 is 1. The predicted octanol–water partition coefficient (Wildman–Crippen LogP) is 6.79. The summed E-state index contributed by atoms with van der Waals surface area (Å²) >= 11 is 3.80. The first-order valence-electron chi connectivity index (χ1n) is 11.2. The molecule has 0 fully saturated rings. The van der Waals surface area contributed by atoms with Crippen molar-refractivity contribution in [3.05, 3.63) is 12.7 Å². The lowest BCUT2D eigenvalue weighted by Gasteiger charge is -2.47. The van der Waals surface area contributed by atoms with Gasteiger partial charge in [0.05, 0.1) is 0 Å². The summed E-state index contributed by atoms with van der Waals surface area (Å²) in [4.78, 5) is 0. The zero-order chi connectivity index (χ0) is 21.7. The molecule has 0 amide bonds. The molecule has 0 aromatic rings. The zero-order valence-electron chi connectivity index (χ0n) is 19.6. The summed E-state index contributed by atoms with van der Waals surface area (Å²) in [6.45, 7) is 15.3. The van der Waals surface area contributed by atoms with E-state index in [-0.39, 0.29) is 0 Å². The maximum absolute atomic E-state index is 6.05. The summed E-state index contributed by atoms with van der Waals surface area (Å²) in [7, 11) is 1.76. The van der Waals surface area contributed by atoms with E-state index in [2.05, 4.69) is 33.1 Å². The highest BCUT2D eigenvalue weighted by Crippen LogP contribution is 2.40. The number of hydrogen-bond acceptors (Lipinski definition) is 5. The molecule has 0 N–H and O–H groups in total. The minimum atomic E-state index is -1.11. The molecule has 0 radical (unpaired) electrons. The first-order valence-corrected chi connectivity index (χ1v) is 11.8. The van der Waals surface area contributed by atoms with Gasteiger partial charge in [0.15, 0.2) is 0 Å². The van der Waals surface area contributed by atoms with E-state index in [1.807, 2.05) is 20.8 Å². The Kier molecular flexibility index (Phi) is 21.7. The average molecular weight is 421 g/mol. The van der Waals surface area contributed by atoms with Crippen LogP contribution in [-0.2, 0) is 18.9 Å². The number of unbranched alkanes of at least 4 members (excludes halogenated alkanes) is 5. The van der Waals surface area contributed by atoms with Crippen LogP contribution in [0.5, 0.6) is 0 Å². The Labute approximate surface area is 181 Å². The first-order chi connectivity index (χ1) is 13.5. The van der Waals surface area contributed by atoms with Crippen molar-refractivity contribution in [3.63, 3.8) is 0 Å². The van der Waals surface area contributed by atoms with Gasteiger partial charge in [-0.3, -0.25) is 0 Å². The molecule has 28 heavy (non-hydrogen) atoms. The number of rotatable bonds is 18. The molecule has 0 saturated heterocycles. The second kappa shape index (κ2) is 20.2. The van der Waals surface area contributed by atoms with Gasteiger partial charge < -0.3 is 18.9 Å². The van der Waals surface area contributed by atoms with E-state index in [9.17, 15) is 0 Å². The van der Waals surface area contributed by atoms with Crippen LogP contribution in [-0.4, -0.2) is 44.3 Å². The van der Waals surface area contributed by atoms with Crippen molar-refractivity contribution in [2.24, 2.45) is 0 Å². The van der Waals surface area contributed by atoms with Gasteiger partial charge in [-0.1, -0.05) is 64.9 Å². The van der Waals surface area contributed by atoms with Gasteiger partial charge in [-0.05, 0) is 33.6 Å². The lowest BCUT2D eigenvalue weighted by Crippen LogP contribution is -2.60. The topological polar surface area (TPSA) is 36.9 Å². The maximum atomic E-state index is 6.05. The molecule has 0 spiro atoms. The van der Waals surface area contributed by atoms with Crippen molar-refractivity contribution in [2.45, 2.75) is 104 Å². The second-order valence-electron chi connectivity index (χ2n) is 6.79. The molecular weight excluding hydrogens is 372 g/mol. The maximum Gasteiger partial charge on any atom is 0.313 e. The van der Waals surface area contributed by atoms with Gasteiger partial charge in [-0.2, -0.15) is 12.6 Å². The summed E-state index contributed by atoms with van der Waals surface area (Å²) in [6, 6.07) is 0. The Bertz CT molecular complexity index is 322. The third kappa shape index (κ3) is 11.2. The van der Waals surface area contributed by atoms with E-state index in [4.69, 9.17) is 18.9 Å². The average Bonchev–Trinajstić information content (AvgIpc) is 2.70.